The number of amides is 1. The first-order chi connectivity index (χ1) is 10.9. The van der Waals surface area contributed by atoms with Crippen LogP contribution in [0, 0.1) is 0 Å². The Morgan fingerprint density at radius 3 is 2.78 bits per heavy atom. The number of halogens is 1. The van der Waals surface area contributed by atoms with E-state index in [1.54, 1.807) is 11.6 Å². The van der Waals surface area contributed by atoms with E-state index in [1.807, 2.05) is 24.3 Å². The highest BCUT2D eigenvalue weighted by molar-refractivity contribution is 6.38. The average molecular weight is 337 g/mol. The van der Waals surface area contributed by atoms with Crippen molar-refractivity contribution in [1.29, 1.82) is 0 Å². The maximum absolute atomic E-state index is 12.7. The number of aryl methyl sites for hydroxylation is 1. The Morgan fingerprint density at radius 1 is 1.43 bits per heavy atom. The highest BCUT2D eigenvalue weighted by Crippen LogP contribution is 2.31. The molecule has 1 aliphatic heterocycles. The van der Waals surface area contributed by atoms with E-state index in [4.69, 9.17) is 21.4 Å². The zero-order valence-corrected chi connectivity index (χ0v) is 13.4. The lowest BCUT2D eigenvalue weighted by atomic mass is 9.94. The van der Waals surface area contributed by atoms with Crippen molar-refractivity contribution in [2.45, 2.75) is 18.4 Å². The summed E-state index contributed by atoms with van der Waals surface area (Å²) in [6.07, 6.45) is 0.285. The van der Waals surface area contributed by atoms with E-state index >= 15 is 0 Å². The zero-order chi connectivity index (χ0) is 16.6. The molecule has 1 aliphatic rings. The molecule has 2 heterocycles. The van der Waals surface area contributed by atoms with Gasteiger partial charge in [-0.15, -0.1) is 0 Å². The topological polar surface area (TPSA) is 80.6 Å². The second kappa shape index (κ2) is 5.86. The van der Waals surface area contributed by atoms with Gasteiger partial charge in [-0.3, -0.25) is 9.59 Å². The van der Waals surface area contributed by atoms with Crippen LogP contribution >= 0.6 is 11.6 Å². The van der Waals surface area contributed by atoms with Crippen LogP contribution in [0.15, 0.2) is 24.3 Å². The number of ether oxygens (including phenoxy) is 1. The number of carbonyl (C=O) groups is 2. The van der Waals surface area contributed by atoms with Crippen LogP contribution in [-0.4, -0.2) is 40.3 Å². The molecule has 0 aliphatic carbocycles. The Balaban J connectivity index is 1.96. The second-order valence-corrected chi connectivity index (χ2v) is 6.22. The molecule has 1 fully saturated rings. The summed E-state index contributed by atoms with van der Waals surface area (Å²) in [6, 6.07) is 7.45. The van der Waals surface area contributed by atoms with Crippen LogP contribution in [0.3, 0.4) is 0 Å². The third-order valence-corrected chi connectivity index (χ3v) is 4.61. The molecular weight excluding hydrogens is 320 g/mol. The molecular formula is C16H17ClN2O4. The molecule has 23 heavy (non-hydrogen) atoms. The van der Waals surface area contributed by atoms with E-state index in [-0.39, 0.29) is 18.9 Å². The number of fused-ring (bicyclic) bond motifs is 1. The summed E-state index contributed by atoms with van der Waals surface area (Å²) in [5, 5.41) is 13.1. The summed E-state index contributed by atoms with van der Waals surface area (Å²) < 4.78 is 7.02. The number of aromatic nitrogens is 1. The number of aliphatic carboxylic acids is 1. The summed E-state index contributed by atoms with van der Waals surface area (Å²) in [5.74, 6) is -1.36. The van der Waals surface area contributed by atoms with Gasteiger partial charge in [0.15, 0.2) is 0 Å². The first kappa shape index (κ1) is 15.8. The van der Waals surface area contributed by atoms with Gasteiger partial charge in [0.1, 0.15) is 5.69 Å². The number of carboxylic acid groups (broad SMARTS) is 1. The van der Waals surface area contributed by atoms with Crippen LogP contribution < -0.4 is 5.32 Å². The van der Waals surface area contributed by atoms with Gasteiger partial charge in [-0.2, -0.15) is 0 Å². The number of benzene rings is 1. The van der Waals surface area contributed by atoms with Gasteiger partial charge < -0.3 is 19.7 Å². The van der Waals surface area contributed by atoms with Crippen LogP contribution in [-0.2, 0) is 16.6 Å². The molecule has 0 saturated carbocycles. The molecule has 0 radical (unpaired) electrons. The number of nitrogens with zero attached hydrogens (tertiary/aromatic N) is 1. The van der Waals surface area contributed by atoms with Crippen molar-refractivity contribution < 1.29 is 19.4 Å². The molecule has 1 atom stereocenters. The van der Waals surface area contributed by atoms with Crippen LogP contribution in [0.2, 0.25) is 5.02 Å². The molecule has 7 heteroatoms. The Bertz CT molecular complexity index is 739. The van der Waals surface area contributed by atoms with Crippen LogP contribution in [0.25, 0.3) is 10.9 Å². The highest BCUT2D eigenvalue weighted by Gasteiger charge is 2.39. The average Bonchev–Trinajstić information content (AvgIpc) is 3.03. The van der Waals surface area contributed by atoms with Gasteiger partial charge in [-0.1, -0.05) is 29.8 Å². The van der Waals surface area contributed by atoms with Crippen LogP contribution in [0.1, 0.15) is 23.3 Å². The monoisotopic (exact) mass is 336 g/mol. The lowest BCUT2D eigenvalue weighted by molar-refractivity contribution is -0.138. The number of para-hydroxylation sites is 1. The van der Waals surface area contributed by atoms with Gasteiger partial charge in [0.2, 0.25) is 0 Å². The van der Waals surface area contributed by atoms with Gasteiger partial charge in [-0.25, -0.2) is 0 Å². The van der Waals surface area contributed by atoms with Gasteiger partial charge >= 0.3 is 5.97 Å². The number of carboxylic acids is 1. The Morgan fingerprint density at radius 2 is 2.17 bits per heavy atom. The summed E-state index contributed by atoms with van der Waals surface area (Å²) in [4.78, 5) is 23.8. The van der Waals surface area contributed by atoms with E-state index in [9.17, 15) is 9.59 Å². The highest BCUT2D eigenvalue weighted by atomic mass is 35.5. The largest absolute Gasteiger partial charge is 0.481 e. The fourth-order valence-corrected chi connectivity index (χ4v) is 3.45. The number of nitrogens with one attached hydrogen (secondary N) is 1. The quantitative estimate of drug-likeness (QED) is 0.897. The SMILES string of the molecule is Cn1c(C(=O)NC2(CC(=O)O)CCOC2)c(Cl)c2ccccc21. The van der Waals surface area contributed by atoms with Gasteiger partial charge in [0.05, 0.1) is 23.6 Å². The molecule has 2 aromatic rings. The van der Waals surface area contributed by atoms with Crippen LogP contribution in [0.5, 0.6) is 0 Å². The van der Waals surface area contributed by atoms with Crippen molar-refractivity contribution in [2.24, 2.45) is 7.05 Å². The fraction of sp³-hybridized carbons (Fsp3) is 0.375. The fourth-order valence-electron chi connectivity index (χ4n) is 3.08. The molecule has 1 aromatic carbocycles. The molecule has 1 amide bonds. The lowest BCUT2D eigenvalue weighted by Gasteiger charge is -2.27. The Labute approximate surface area is 138 Å². The van der Waals surface area contributed by atoms with Gasteiger partial charge in [0, 0.05) is 24.6 Å². The van der Waals surface area contributed by atoms with E-state index in [0.717, 1.165) is 10.9 Å². The number of hydrogen-bond donors (Lipinski definition) is 2. The maximum atomic E-state index is 12.7. The first-order valence-electron chi connectivity index (χ1n) is 7.28. The van der Waals surface area contributed by atoms with E-state index in [1.165, 1.54) is 0 Å². The minimum atomic E-state index is -0.973. The maximum Gasteiger partial charge on any atom is 0.305 e. The normalized spacial score (nSPS) is 20.8. The van der Waals surface area contributed by atoms with Crippen molar-refractivity contribution in [3.8, 4) is 0 Å². The minimum Gasteiger partial charge on any atom is -0.481 e. The van der Waals surface area contributed by atoms with E-state index < -0.39 is 11.5 Å². The third-order valence-electron chi connectivity index (χ3n) is 4.23. The van der Waals surface area contributed by atoms with Crippen molar-refractivity contribution in [3.63, 3.8) is 0 Å². The molecule has 122 valence electrons. The van der Waals surface area contributed by atoms with Crippen molar-refractivity contribution >= 4 is 34.4 Å². The number of rotatable bonds is 4. The van der Waals surface area contributed by atoms with Crippen LogP contribution in [0.4, 0.5) is 0 Å². The first-order valence-corrected chi connectivity index (χ1v) is 7.66. The molecule has 1 aromatic heterocycles. The standard InChI is InChI=1S/C16H17ClN2O4/c1-19-11-5-3-2-4-10(11)13(17)14(19)15(22)18-16(8-12(20)21)6-7-23-9-16/h2-5H,6-9H2,1H3,(H,18,22)(H,20,21). The molecule has 1 saturated heterocycles. The molecule has 0 spiro atoms. The lowest BCUT2D eigenvalue weighted by Crippen LogP contribution is -2.50. The zero-order valence-electron chi connectivity index (χ0n) is 12.6. The summed E-state index contributed by atoms with van der Waals surface area (Å²) >= 11 is 6.36. The van der Waals surface area contributed by atoms with Gasteiger partial charge in [-0.05, 0) is 12.5 Å². The molecule has 3 rings (SSSR count). The molecule has 6 nitrogen and oxygen atoms in total. The summed E-state index contributed by atoms with van der Waals surface area (Å²) in [7, 11) is 1.76. The smallest absolute Gasteiger partial charge is 0.305 e. The van der Waals surface area contributed by atoms with E-state index in [0.29, 0.717) is 23.7 Å². The molecule has 2 N–H and O–H groups in total. The Kier molecular flexibility index (Phi) is 4.04. The van der Waals surface area contributed by atoms with Crippen molar-refractivity contribution in [3.05, 3.63) is 35.0 Å². The summed E-state index contributed by atoms with van der Waals surface area (Å²) in [5.41, 5.74) is 0.282. The van der Waals surface area contributed by atoms with Crippen molar-refractivity contribution in [1.82, 2.24) is 9.88 Å². The minimum absolute atomic E-state index is 0.180. The molecule has 0 bridgehead atoms. The predicted octanol–water partition coefficient (Wildman–Crippen LogP) is 2.20. The van der Waals surface area contributed by atoms with E-state index in [2.05, 4.69) is 5.32 Å². The number of hydrogen-bond acceptors (Lipinski definition) is 3. The Hall–Kier alpha value is -2.05. The van der Waals surface area contributed by atoms with Gasteiger partial charge in [0.25, 0.3) is 5.91 Å². The predicted molar refractivity (Wildman–Crippen MR) is 85.8 cm³/mol. The third kappa shape index (κ3) is 2.80. The van der Waals surface area contributed by atoms with Crippen molar-refractivity contribution in [2.75, 3.05) is 13.2 Å². The summed E-state index contributed by atoms with van der Waals surface area (Å²) in [6.45, 7) is 0.614. The number of carbonyl (C=O) groups excluding carboxylic acids is 1. The molecule has 1 unspecified atom stereocenters. The second-order valence-electron chi connectivity index (χ2n) is 5.85.